The van der Waals surface area contributed by atoms with E-state index in [0.29, 0.717) is 66.4 Å². The molecule has 0 aliphatic heterocycles. The van der Waals surface area contributed by atoms with E-state index in [-0.39, 0.29) is 18.9 Å². The molecule has 0 spiro atoms. The lowest BCUT2D eigenvalue weighted by Gasteiger charge is -2.16. The number of hydrogen-bond acceptors (Lipinski definition) is 8. The minimum absolute atomic E-state index is 0.132. The molecule has 0 radical (unpaired) electrons. The van der Waals surface area contributed by atoms with Crippen LogP contribution < -0.4 is 23.7 Å². The Bertz CT molecular complexity index is 1270. The van der Waals surface area contributed by atoms with Gasteiger partial charge in [-0.05, 0) is 58.9 Å². The third-order valence-electron chi connectivity index (χ3n) is 5.16. The smallest absolute Gasteiger partial charge is 0.307 e. The summed E-state index contributed by atoms with van der Waals surface area (Å²) in [6.45, 7) is 11.5. The van der Waals surface area contributed by atoms with Gasteiger partial charge < -0.3 is 28.3 Å². The van der Waals surface area contributed by atoms with Gasteiger partial charge in [0.25, 0.3) is 5.91 Å². The Labute approximate surface area is 220 Å². The number of thiazole rings is 1. The van der Waals surface area contributed by atoms with Crippen LogP contribution in [0.25, 0.3) is 10.2 Å². The molecule has 0 bridgehead atoms. The van der Waals surface area contributed by atoms with Crippen molar-refractivity contribution in [1.29, 1.82) is 0 Å². The predicted octanol–water partition coefficient (Wildman–Crippen LogP) is 4.99. The lowest BCUT2D eigenvalue weighted by Crippen LogP contribution is -2.20. The van der Waals surface area contributed by atoms with Gasteiger partial charge in [-0.3, -0.25) is 9.59 Å². The van der Waals surface area contributed by atoms with Crippen molar-refractivity contribution < 1.29 is 33.3 Å². The van der Waals surface area contributed by atoms with Crippen molar-refractivity contribution in [2.75, 3.05) is 33.0 Å². The Morgan fingerprint density at radius 1 is 0.838 bits per heavy atom. The number of para-hydroxylation sites is 1. The maximum atomic E-state index is 13.4. The number of ether oxygens (including phenoxy) is 5. The zero-order chi connectivity index (χ0) is 26.8. The molecule has 3 aromatic rings. The summed E-state index contributed by atoms with van der Waals surface area (Å²) < 4.78 is 30.9. The zero-order valence-electron chi connectivity index (χ0n) is 22.0. The molecule has 0 saturated heterocycles. The molecule has 3 rings (SSSR count). The summed E-state index contributed by atoms with van der Waals surface area (Å²) in [6, 6.07) is 8.92. The van der Waals surface area contributed by atoms with Gasteiger partial charge >= 0.3 is 5.97 Å². The molecule has 1 heterocycles. The van der Waals surface area contributed by atoms with Crippen LogP contribution in [0.15, 0.2) is 35.3 Å². The highest BCUT2D eigenvalue weighted by molar-refractivity contribution is 7.16. The molecule has 0 aliphatic rings. The van der Waals surface area contributed by atoms with Crippen molar-refractivity contribution in [2.24, 2.45) is 4.99 Å². The van der Waals surface area contributed by atoms with Gasteiger partial charge in [0.1, 0.15) is 11.3 Å². The van der Waals surface area contributed by atoms with E-state index < -0.39 is 5.91 Å². The summed E-state index contributed by atoms with van der Waals surface area (Å²) in [6.07, 6.45) is 0.132. The molecule has 9 nitrogen and oxygen atoms in total. The standard InChI is InChI=1S/C27H34N2O7S/c1-6-32-19-12-11-13-22-24(19)29(15-14-23(30)35-9-4)27(37-22)28-26(31)18-16-20(33-7-2)25(36-10-5)21(17-18)34-8-3/h11-13,16-17H,6-10,14-15H2,1-5H3. The summed E-state index contributed by atoms with van der Waals surface area (Å²) in [4.78, 5) is 30.4. The molecular formula is C27H34N2O7S. The number of hydrogen-bond donors (Lipinski definition) is 0. The molecule has 1 amide bonds. The Morgan fingerprint density at radius 3 is 2.05 bits per heavy atom. The van der Waals surface area contributed by atoms with Crippen LogP contribution in [-0.4, -0.2) is 49.5 Å². The first-order chi connectivity index (χ1) is 18.0. The summed E-state index contributed by atoms with van der Waals surface area (Å²) in [7, 11) is 0. The fourth-order valence-corrected chi connectivity index (χ4v) is 4.83. The van der Waals surface area contributed by atoms with Gasteiger partial charge in [-0.1, -0.05) is 17.4 Å². The van der Waals surface area contributed by atoms with Crippen LogP contribution in [0.1, 0.15) is 51.4 Å². The quantitative estimate of drug-likeness (QED) is 0.287. The lowest BCUT2D eigenvalue weighted by molar-refractivity contribution is -0.143. The minimum Gasteiger partial charge on any atom is -0.492 e. The first kappa shape index (κ1) is 28.0. The number of nitrogens with zero attached hydrogens (tertiary/aromatic N) is 2. The van der Waals surface area contributed by atoms with Crippen LogP contribution in [0.3, 0.4) is 0 Å². The fraction of sp³-hybridized carbons (Fsp3) is 0.444. The average molecular weight is 531 g/mol. The monoisotopic (exact) mass is 530 g/mol. The van der Waals surface area contributed by atoms with Crippen molar-refractivity contribution in [3.05, 3.63) is 40.7 Å². The molecule has 2 aromatic carbocycles. The normalized spacial score (nSPS) is 11.4. The SMILES string of the molecule is CCOC(=O)CCn1c(=NC(=O)c2cc(OCC)c(OCC)c(OCC)c2)sc2cccc(OCC)c21. The molecular weight excluding hydrogens is 496 g/mol. The van der Waals surface area contributed by atoms with Crippen molar-refractivity contribution in [3.63, 3.8) is 0 Å². The Morgan fingerprint density at radius 2 is 1.46 bits per heavy atom. The summed E-state index contributed by atoms with van der Waals surface area (Å²) in [5, 5.41) is 0. The number of aromatic nitrogens is 1. The van der Waals surface area contributed by atoms with Crippen molar-refractivity contribution in [2.45, 2.75) is 47.6 Å². The summed E-state index contributed by atoms with van der Waals surface area (Å²) in [5.74, 6) is 1.15. The number of benzene rings is 2. The maximum absolute atomic E-state index is 13.4. The van der Waals surface area contributed by atoms with E-state index in [0.717, 1.165) is 10.2 Å². The highest BCUT2D eigenvalue weighted by Crippen LogP contribution is 2.39. The lowest BCUT2D eigenvalue weighted by atomic mass is 10.1. The van der Waals surface area contributed by atoms with E-state index in [1.807, 2.05) is 50.5 Å². The molecule has 0 unspecified atom stereocenters. The highest BCUT2D eigenvalue weighted by Gasteiger charge is 2.19. The number of carbonyl (C=O) groups is 2. The maximum Gasteiger partial charge on any atom is 0.307 e. The van der Waals surface area contributed by atoms with E-state index >= 15 is 0 Å². The third kappa shape index (κ3) is 6.82. The van der Waals surface area contributed by atoms with Gasteiger partial charge in [-0.2, -0.15) is 4.99 Å². The highest BCUT2D eigenvalue weighted by atomic mass is 32.1. The van der Waals surface area contributed by atoms with E-state index in [9.17, 15) is 9.59 Å². The molecule has 0 fully saturated rings. The number of rotatable bonds is 13. The van der Waals surface area contributed by atoms with Crippen LogP contribution in [0.2, 0.25) is 0 Å². The van der Waals surface area contributed by atoms with Gasteiger partial charge in [0, 0.05) is 12.1 Å². The van der Waals surface area contributed by atoms with Crippen molar-refractivity contribution in [1.82, 2.24) is 4.57 Å². The third-order valence-corrected chi connectivity index (χ3v) is 6.21. The van der Waals surface area contributed by atoms with E-state index in [4.69, 9.17) is 23.7 Å². The second-order valence-electron chi connectivity index (χ2n) is 7.64. The fourth-order valence-electron chi connectivity index (χ4n) is 3.76. The molecule has 0 aliphatic carbocycles. The first-order valence-corrected chi connectivity index (χ1v) is 13.3. The molecule has 10 heteroatoms. The second-order valence-corrected chi connectivity index (χ2v) is 8.65. The van der Waals surface area contributed by atoms with Gasteiger partial charge in [0.15, 0.2) is 16.3 Å². The predicted molar refractivity (Wildman–Crippen MR) is 142 cm³/mol. The van der Waals surface area contributed by atoms with Crippen LogP contribution >= 0.6 is 11.3 Å². The van der Waals surface area contributed by atoms with Crippen molar-refractivity contribution >= 4 is 33.4 Å². The van der Waals surface area contributed by atoms with Crippen LogP contribution in [0, 0.1) is 0 Å². The molecule has 1 aromatic heterocycles. The minimum atomic E-state index is -0.473. The average Bonchev–Trinajstić information content (AvgIpc) is 3.23. The Balaban J connectivity index is 2.14. The Hall–Kier alpha value is -3.53. The molecule has 37 heavy (non-hydrogen) atoms. The number of carbonyl (C=O) groups excluding carboxylic acids is 2. The number of fused-ring (bicyclic) bond motifs is 1. The summed E-state index contributed by atoms with van der Waals surface area (Å²) in [5.41, 5.74) is 1.08. The van der Waals surface area contributed by atoms with Crippen LogP contribution in [-0.2, 0) is 16.1 Å². The molecule has 0 atom stereocenters. The summed E-state index contributed by atoms with van der Waals surface area (Å²) >= 11 is 1.35. The topological polar surface area (TPSA) is 97.6 Å². The van der Waals surface area contributed by atoms with Gasteiger partial charge in [0.05, 0.1) is 44.2 Å². The number of amides is 1. The molecule has 200 valence electrons. The zero-order valence-corrected chi connectivity index (χ0v) is 22.8. The van der Waals surface area contributed by atoms with Crippen molar-refractivity contribution in [3.8, 4) is 23.0 Å². The van der Waals surface area contributed by atoms with E-state index in [2.05, 4.69) is 4.99 Å². The van der Waals surface area contributed by atoms with Crippen LogP contribution in [0.5, 0.6) is 23.0 Å². The first-order valence-electron chi connectivity index (χ1n) is 12.5. The largest absolute Gasteiger partial charge is 0.492 e. The Kier molecular flexibility index (Phi) is 10.4. The van der Waals surface area contributed by atoms with Gasteiger partial charge in [0.2, 0.25) is 5.75 Å². The van der Waals surface area contributed by atoms with Crippen LogP contribution in [0.4, 0.5) is 0 Å². The van der Waals surface area contributed by atoms with E-state index in [1.54, 1.807) is 19.1 Å². The van der Waals surface area contributed by atoms with E-state index in [1.165, 1.54) is 11.3 Å². The number of aryl methyl sites for hydroxylation is 1. The number of esters is 1. The second kappa shape index (κ2) is 13.7. The molecule has 0 N–H and O–H groups in total. The van der Waals surface area contributed by atoms with Gasteiger partial charge in [-0.25, -0.2) is 0 Å². The molecule has 0 saturated carbocycles. The van der Waals surface area contributed by atoms with Gasteiger partial charge in [-0.15, -0.1) is 0 Å².